The third-order valence-corrected chi connectivity index (χ3v) is 4.68. The van der Waals surface area contributed by atoms with Crippen LogP contribution < -0.4 is 5.14 Å². The average Bonchev–Trinajstić information content (AvgIpc) is 2.38. The lowest BCUT2D eigenvalue weighted by molar-refractivity contribution is 0.220. The van der Waals surface area contributed by atoms with Crippen LogP contribution in [-0.4, -0.2) is 13.5 Å². The number of nitrogens with two attached hydrogens (primary N) is 1. The van der Waals surface area contributed by atoms with Crippen LogP contribution in [0.15, 0.2) is 51.8 Å². The van der Waals surface area contributed by atoms with Crippen molar-refractivity contribution in [3.63, 3.8) is 0 Å². The van der Waals surface area contributed by atoms with Crippen molar-refractivity contribution in [2.75, 3.05) is 0 Å². The van der Waals surface area contributed by atoms with Crippen molar-refractivity contribution < 1.29 is 13.5 Å². The second-order valence-corrected chi connectivity index (χ2v) is 7.04. The van der Waals surface area contributed by atoms with Crippen LogP contribution in [0.4, 0.5) is 0 Å². The zero-order chi connectivity index (χ0) is 14.9. The molecule has 2 aromatic rings. The van der Waals surface area contributed by atoms with E-state index in [9.17, 15) is 13.5 Å². The summed E-state index contributed by atoms with van der Waals surface area (Å²) < 4.78 is 23.7. The van der Waals surface area contributed by atoms with Gasteiger partial charge in [0.1, 0.15) is 11.0 Å². The van der Waals surface area contributed by atoms with Gasteiger partial charge in [-0.3, -0.25) is 0 Å². The summed E-state index contributed by atoms with van der Waals surface area (Å²) >= 11 is 9.11. The molecule has 0 radical (unpaired) electrons. The molecule has 1 atom stereocenters. The molecule has 0 fully saturated rings. The van der Waals surface area contributed by atoms with Crippen molar-refractivity contribution in [3.8, 4) is 0 Å². The van der Waals surface area contributed by atoms with Crippen molar-refractivity contribution in [3.05, 3.63) is 63.1 Å². The van der Waals surface area contributed by atoms with Crippen LogP contribution in [0.2, 0.25) is 5.02 Å². The number of hydrogen-bond acceptors (Lipinski definition) is 3. The van der Waals surface area contributed by atoms with E-state index in [2.05, 4.69) is 15.9 Å². The van der Waals surface area contributed by atoms with Gasteiger partial charge in [0.25, 0.3) is 0 Å². The van der Waals surface area contributed by atoms with E-state index in [1.54, 1.807) is 30.3 Å². The van der Waals surface area contributed by atoms with Gasteiger partial charge in [0, 0.05) is 4.47 Å². The van der Waals surface area contributed by atoms with Gasteiger partial charge in [-0.1, -0.05) is 45.7 Å². The van der Waals surface area contributed by atoms with Crippen LogP contribution in [0.25, 0.3) is 0 Å². The highest BCUT2D eigenvalue weighted by Gasteiger charge is 2.17. The van der Waals surface area contributed by atoms with Crippen LogP contribution in [0.5, 0.6) is 0 Å². The normalized spacial score (nSPS) is 13.2. The molecule has 3 N–H and O–H groups in total. The zero-order valence-corrected chi connectivity index (χ0v) is 13.3. The summed E-state index contributed by atoms with van der Waals surface area (Å²) in [7, 11) is -3.93. The molecule has 0 aliphatic heterocycles. The minimum Gasteiger partial charge on any atom is -0.384 e. The molecule has 106 valence electrons. The minimum atomic E-state index is -3.93. The lowest BCUT2D eigenvalue weighted by Gasteiger charge is -2.13. The number of aliphatic hydroxyl groups is 1. The van der Waals surface area contributed by atoms with Gasteiger partial charge >= 0.3 is 0 Å². The van der Waals surface area contributed by atoms with Gasteiger partial charge in [0.05, 0.1) is 5.02 Å². The molecule has 2 aromatic carbocycles. The largest absolute Gasteiger partial charge is 0.384 e. The highest BCUT2D eigenvalue weighted by Crippen LogP contribution is 2.28. The molecule has 2 rings (SSSR count). The van der Waals surface area contributed by atoms with Crippen LogP contribution >= 0.6 is 27.5 Å². The lowest BCUT2D eigenvalue weighted by Crippen LogP contribution is -2.13. The van der Waals surface area contributed by atoms with Gasteiger partial charge in [-0.25, -0.2) is 13.6 Å². The molecule has 0 saturated heterocycles. The van der Waals surface area contributed by atoms with Crippen molar-refractivity contribution in [2.24, 2.45) is 5.14 Å². The van der Waals surface area contributed by atoms with E-state index >= 15 is 0 Å². The molecular weight excluding hydrogens is 366 g/mol. The molecule has 0 spiro atoms. The van der Waals surface area contributed by atoms with Gasteiger partial charge in [-0.15, -0.1) is 0 Å². The van der Waals surface area contributed by atoms with Gasteiger partial charge in [-0.2, -0.15) is 0 Å². The van der Waals surface area contributed by atoms with E-state index in [0.29, 0.717) is 11.1 Å². The maximum atomic E-state index is 11.4. The topological polar surface area (TPSA) is 80.4 Å². The summed E-state index contributed by atoms with van der Waals surface area (Å²) in [6.45, 7) is 0. The summed E-state index contributed by atoms with van der Waals surface area (Å²) in [6, 6.07) is 11.3. The van der Waals surface area contributed by atoms with Gasteiger partial charge < -0.3 is 5.11 Å². The summed E-state index contributed by atoms with van der Waals surface area (Å²) in [4.78, 5) is -0.201. The van der Waals surface area contributed by atoms with Gasteiger partial charge in [0.15, 0.2) is 0 Å². The Morgan fingerprint density at radius 2 is 1.65 bits per heavy atom. The van der Waals surface area contributed by atoms with Gasteiger partial charge in [0.2, 0.25) is 10.0 Å². The summed E-state index contributed by atoms with van der Waals surface area (Å²) in [6.07, 6.45) is -0.958. The first-order valence-electron chi connectivity index (χ1n) is 5.55. The molecule has 0 heterocycles. The molecule has 0 amide bonds. The average molecular weight is 377 g/mol. The number of aliphatic hydroxyl groups excluding tert-OH is 1. The van der Waals surface area contributed by atoms with Crippen LogP contribution in [0, 0.1) is 0 Å². The number of halogens is 2. The Labute approximate surface area is 130 Å². The predicted octanol–water partition coefficient (Wildman–Crippen LogP) is 2.83. The quantitative estimate of drug-likeness (QED) is 0.864. The van der Waals surface area contributed by atoms with E-state index in [-0.39, 0.29) is 9.92 Å². The number of rotatable bonds is 3. The zero-order valence-electron chi connectivity index (χ0n) is 10.1. The fraction of sp³-hybridized carbons (Fsp3) is 0.0769. The van der Waals surface area contributed by atoms with Gasteiger partial charge in [-0.05, 0) is 35.4 Å². The molecule has 0 bridgehead atoms. The molecule has 0 saturated carbocycles. The monoisotopic (exact) mass is 375 g/mol. The number of benzene rings is 2. The summed E-state index contributed by atoms with van der Waals surface area (Å²) in [5.41, 5.74) is 1.04. The van der Waals surface area contributed by atoms with Crippen LogP contribution in [0.3, 0.4) is 0 Å². The highest BCUT2D eigenvalue weighted by atomic mass is 79.9. The standard InChI is InChI=1S/C13H11BrClNO3S/c14-10-4-1-8(2-5-10)13(17)9-3-6-11(15)12(7-9)20(16,18)19/h1-7,13,17H,(H2,16,18,19). The Kier molecular flexibility index (Phi) is 4.51. The predicted molar refractivity (Wildman–Crippen MR) is 81.0 cm³/mol. The molecule has 20 heavy (non-hydrogen) atoms. The third-order valence-electron chi connectivity index (χ3n) is 2.76. The number of hydrogen-bond donors (Lipinski definition) is 2. The second kappa shape index (κ2) is 5.83. The van der Waals surface area contributed by atoms with E-state index < -0.39 is 16.1 Å². The molecule has 0 aliphatic carbocycles. The highest BCUT2D eigenvalue weighted by molar-refractivity contribution is 9.10. The van der Waals surface area contributed by atoms with Crippen molar-refractivity contribution >= 4 is 37.6 Å². The summed E-state index contributed by atoms with van der Waals surface area (Å²) in [5.74, 6) is 0. The first-order chi connectivity index (χ1) is 9.29. The molecule has 7 heteroatoms. The second-order valence-electron chi connectivity index (χ2n) is 4.19. The Balaban J connectivity index is 2.45. The lowest BCUT2D eigenvalue weighted by atomic mass is 10.0. The first-order valence-corrected chi connectivity index (χ1v) is 8.26. The molecule has 0 aromatic heterocycles. The molecular formula is C13H11BrClNO3S. The van der Waals surface area contributed by atoms with Crippen LogP contribution in [-0.2, 0) is 10.0 Å². The van der Waals surface area contributed by atoms with Crippen molar-refractivity contribution in [2.45, 2.75) is 11.0 Å². The fourth-order valence-corrected chi connectivity index (χ4v) is 3.09. The minimum absolute atomic E-state index is 0.0271. The Morgan fingerprint density at radius 1 is 1.10 bits per heavy atom. The van der Waals surface area contributed by atoms with E-state index in [4.69, 9.17) is 16.7 Å². The number of primary sulfonamides is 1. The Hall–Kier alpha value is -0.920. The van der Waals surface area contributed by atoms with Crippen LogP contribution in [0.1, 0.15) is 17.2 Å². The van der Waals surface area contributed by atoms with Crippen molar-refractivity contribution in [1.82, 2.24) is 0 Å². The summed E-state index contributed by atoms with van der Waals surface area (Å²) in [5, 5.41) is 15.4. The van der Waals surface area contributed by atoms with E-state index in [1.807, 2.05) is 0 Å². The Morgan fingerprint density at radius 3 is 2.20 bits per heavy atom. The first kappa shape index (κ1) is 15.5. The SMILES string of the molecule is NS(=O)(=O)c1cc(C(O)c2ccc(Br)cc2)ccc1Cl. The molecule has 0 aliphatic rings. The molecule has 1 unspecified atom stereocenters. The Bertz CT molecular complexity index is 732. The van der Waals surface area contributed by atoms with E-state index in [1.165, 1.54) is 12.1 Å². The third kappa shape index (κ3) is 3.39. The van der Waals surface area contributed by atoms with Crippen molar-refractivity contribution in [1.29, 1.82) is 0 Å². The number of sulfonamides is 1. The smallest absolute Gasteiger partial charge is 0.239 e. The molecule has 4 nitrogen and oxygen atoms in total. The maximum Gasteiger partial charge on any atom is 0.239 e. The van der Waals surface area contributed by atoms with E-state index in [0.717, 1.165) is 4.47 Å². The fourth-order valence-electron chi connectivity index (χ4n) is 1.75. The maximum absolute atomic E-state index is 11.4.